The molecule has 0 spiro atoms. The summed E-state index contributed by atoms with van der Waals surface area (Å²) in [4.78, 5) is 21.9. The maximum Gasteiger partial charge on any atom is 0.251 e. The maximum atomic E-state index is 12.7. The molecule has 0 aliphatic heterocycles. The van der Waals surface area contributed by atoms with Crippen molar-refractivity contribution in [3.8, 4) is 0 Å². The largest absolute Gasteiger partial charge is 0.346 e. The van der Waals surface area contributed by atoms with Gasteiger partial charge in [0.15, 0.2) is 5.16 Å². The van der Waals surface area contributed by atoms with E-state index in [0.29, 0.717) is 5.56 Å². The fourth-order valence-electron chi connectivity index (χ4n) is 4.17. The van der Waals surface area contributed by atoms with Gasteiger partial charge < -0.3 is 9.88 Å². The maximum absolute atomic E-state index is 12.7. The van der Waals surface area contributed by atoms with Crippen LogP contribution in [0.5, 0.6) is 0 Å². The number of amides is 1. The Morgan fingerprint density at radius 2 is 1.72 bits per heavy atom. The molecule has 6 heteroatoms. The summed E-state index contributed by atoms with van der Waals surface area (Å²) >= 11 is 1.70. The molecule has 5 rings (SSSR count). The van der Waals surface area contributed by atoms with Gasteiger partial charge in [-0.05, 0) is 54.3 Å². The first-order chi connectivity index (χ1) is 17.6. The second-order valence-electron chi connectivity index (χ2n) is 8.86. The molecule has 0 fully saturated rings. The summed E-state index contributed by atoms with van der Waals surface area (Å²) in [5.74, 6) is 0.686. The molecule has 1 atom stereocenters. The number of pyridine rings is 1. The third-order valence-electron chi connectivity index (χ3n) is 6.34. The van der Waals surface area contributed by atoms with Gasteiger partial charge in [-0.25, -0.2) is 4.98 Å². The van der Waals surface area contributed by atoms with Crippen LogP contribution in [0.2, 0.25) is 0 Å². The first-order valence-corrected chi connectivity index (χ1v) is 13.0. The van der Waals surface area contributed by atoms with Gasteiger partial charge in [0.1, 0.15) is 0 Å². The fraction of sp³-hybridized carbons (Fsp3) is 0.167. The van der Waals surface area contributed by atoms with Crippen molar-refractivity contribution in [1.82, 2.24) is 19.9 Å². The van der Waals surface area contributed by atoms with Crippen molar-refractivity contribution in [3.63, 3.8) is 0 Å². The van der Waals surface area contributed by atoms with E-state index in [2.05, 4.69) is 46.1 Å². The van der Waals surface area contributed by atoms with Crippen LogP contribution in [-0.2, 0) is 12.3 Å². The normalized spacial score (nSPS) is 11.9. The van der Waals surface area contributed by atoms with E-state index in [0.717, 1.165) is 39.6 Å². The molecule has 2 heterocycles. The highest BCUT2D eigenvalue weighted by Crippen LogP contribution is 2.28. The summed E-state index contributed by atoms with van der Waals surface area (Å²) in [5.41, 5.74) is 7.38. The number of thioether (sulfide) groups is 1. The standard InChI is InChI=1S/C30H28N4OS/c1-21-8-6-7-11-26(21)19-34-28-18-31-17-16-27(28)33-30(34)36-20-23-12-14-25(15-13-23)29(35)32-22(2)24-9-4-3-5-10-24/h3-18,22H,19-20H2,1-2H3,(H,32,35)/t22-/m0/s1. The number of nitrogens with zero attached hydrogens (tertiary/aromatic N) is 3. The van der Waals surface area contributed by atoms with Crippen molar-refractivity contribution in [2.45, 2.75) is 37.3 Å². The fourth-order valence-corrected chi connectivity index (χ4v) is 5.14. The number of carbonyl (C=O) groups excluding carboxylic acids is 1. The average Bonchev–Trinajstić information content (AvgIpc) is 3.26. The minimum atomic E-state index is -0.0712. The summed E-state index contributed by atoms with van der Waals surface area (Å²) in [5, 5.41) is 4.03. The molecule has 1 N–H and O–H groups in total. The van der Waals surface area contributed by atoms with E-state index in [9.17, 15) is 4.79 Å². The predicted molar refractivity (Wildman–Crippen MR) is 146 cm³/mol. The van der Waals surface area contributed by atoms with E-state index in [1.165, 1.54) is 11.1 Å². The third kappa shape index (κ3) is 5.34. The average molecular weight is 493 g/mol. The zero-order valence-electron chi connectivity index (χ0n) is 20.4. The molecule has 180 valence electrons. The minimum absolute atomic E-state index is 0.0512. The number of carbonyl (C=O) groups is 1. The molecule has 5 aromatic rings. The number of nitrogens with one attached hydrogen (secondary N) is 1. The molecule has 0 saturated carbocycles. The van der Waals surface area contributed by atoms with Crippen molar-refractivity contribution in [2.75, 3.05) is 0 Å². The Morgan fingerprint density at radius 3 is 2.50 bits per heavy atom. The van der Waals surface area contributed by atoms with Crippen LogP contribution in [0.1, 0.15) is 45.6 Å². The Morgan fingerprint density at radius 1 is 0.972 bits per heavy atom. The smallest absolute Gasteiger partial charge is 0.251 e. The summed E-state index contributed by atoms with van der Waals surface area (Å²) in [6.45, 7) is 4.88. The SMILES string of the molecule is Cc1ccccc1Cn1c(SCc2ccc(C(=O)N[C@@H](C)c3ccccc3)cc2)nc2ccncc21. The number of hydrogen-bond acceptors (Lipinski definition) is 4. The van der Waals surface area contributed by atoms with E-state index in [-0.39, 0.29) is 11.9 Å². The number of aryl methyl sites for hydroxylation is 1. The van der Waals surface area contributed by atoms with E-state index in [1.807, 2.05) is 73.8 Å². The predicted octanol–water partition coefficient (Wildman–Crippen LogP) is 6.57. The van der Waals surface area contributed by atoms with Crippen LogP contribution in [0.3, 0.4) is 0 Å². The lowest BCUT2D eigenvalue weighted by Gasteiger charge is -2.14. The van der Waals surface area contributed by atoms with Crippen molar-refractivity contribution < 1.29 is 4.79 Å². The number of aromatic nitrogens is 3. The second-order valence-corrected chi connectivity index (χ2v) is 9.81. The molecule has 36 heavy (non-hydrogen) atoms. The van der Waals surface area contributed by atoms with Crippen LogP contribution < -0.4 is 5.32 Å². The van der Waals surface area contributed by atoms with Gasteiger partial charge in [0, 0.05) is 17.5 Å². The van der Waals surface area contributed by atoms with Gasteiger partial charge in [0.2, 0.25) is 0 Å². The van der Waals surface area contributed by atoms with Gasteiger partial charge in [0.25, 0.3) is 5.91 Å². The molecule has 0 bridgehead atoms. The lowest BCUT2D eigenvalue weighted by atomic mass is 10.1. The lowest BCUT2D eigenvalue weighted by molar-refractivity contribution is 0.0940. The molecule has 0 radical (unpaired) electrons. The van der Waals surface area contributed by atoms with Gasteiger partial charge in [-0.1, -0.05) is 78.5 Å². The van der Waals surface area contributed by atoms with Crippen LogP contribution >= 0.6 is 11.8 Å². The minimum Gasteiger partial charge on any atom is -0.346 e. The molecule has 0 aliphatic carbocycles. The van der Waals surface area contributed by atoms with Crippen LogP contribution in [0.4, 0.5) is 0 Å². The van der Waals surface area contributed by atoms with Crippen LogP contribution in [0, 0.1) is 6.92 Å². The van der Waals surface area contributed by atoms with E-state index in [1.54, 1.807) is 18.0 Å². The van der Waals surface area contributed by atoms with Gasteiger partial charge in [-0.2, -0.15) is 0 Å². The molecule has 5 nitrogen and oxygen atoms in total. The van der Waals surface area contributed by atoms with Crippen LogP contribution in [-0.4, -0.2) is 20.4 Å². The summed E-state index contributed by atoms with van der Waals surface area (Å²) < 4.78 is 2.24. The molecule has 0 unspecified atom stereocenters. The number of hydrogen-bond donors (Lipinski definition) is 1. The summed E-state index contributed by atoms with van der Waals surface area (Å²) in [6.07, 6.45) is 3.67. The van der Waals surface area contributed by atoms with Crippen molar-refractivity contribution in [2.24, 2.45) is 0 Å². The monoisotopic (exact) mass is 492 g/mol. The Labute approximate surface area is 215 Å². The van der Waals surface area contributed by atoms with Crippen LogP contribution in [0.15, 0.2) is 102 Å². The quantitative estimate of drug-likeness (QED) is 0.249. The Balaban J connectivity index is 1.29. The summed E-state index contributed by atoms with van der Waals surface area (Å²) in [7, 11) is 0. The van der Waals surface area contributed by atoms with Crippen molar-refractivity contribution in [1.29, 1.82) is 0 Å². The highest BCUT2D eigenvalue weighted by Gasteiger charge is 2.14. The van der Waals surface area contributed by atoms with E-state index >= 15 is 0 Å². The molecular formula is C30H28N4OS. The van der Waals surface area contributed by atoms with Gasteiger partial charge >= 0.3 is 0 Å². The van der Waals surface area contributed by atoms with Crippen LogP contribution in [0.25, 0.3) is 11.0 Å². The van der Waals surface area contributed by atoms with E-state index < -0.39 is 0 Å². The first kappa shape index (κ1) is 23.8. The topological polar surface area (TPSA) is 59.8 Å². The summed E-state index contributed by atoms with van der Waals surface area (Å²) in [6, 6.07) is 28.1. The zero-order chi connectivity index (χ0) is 24.9. The Bertz CT molecular complexity index is 1480. The molecule has 3 aromatic carbocycles. The Hall–Kier alpha value is -3.90. The van der Waals surface area contributed by atoms with Gasteiger partial charge in [-0.15, -0.1) is 0 Å². The second kappa shape index (κ2) is 10.8. The first-order valence-electron chi connectivity index (χ1n) is 12.0. The molecule has 0 aliphatic rings. The van der Waals surface area contributed by atoms with Crippen molar-refractivity contribution >= 4 is 28.7 Å². The van der Waals surface area contributed by atoms with Gasteiger partial charge in [0.05, 0.1) is 29.8 Å². The Kier molecular flexibility index (Phi) is 7.14. The number of rotatable bonds is 8. The highest BCUT2D eigenvalue weighted by atomic mass is 32.2. The highest BCUT2D eigenvalue weighted by molar-refractivity contribution is 7.98. The van der Waals surface area contributed by atoms with Gasteiger partial charge in [-0.3, -0.25) is 9.78 Å². The molecule has 1 amide bonds. The molecule has 0 saturated heterocycles. The zero-order valence-corrected chi connectivity index (χ0v) is 21.2. The number of benzene rings is 3. The number of fused-ring (bicyclic) bond motifs is 1. The van der Waals surface area contributed by atoms with Crippen molar-refractivity contribution in [3.05, 3.63) is 125 Å². The third-order valence-corrected chi connectivity index (χ3v) is 7.38. The lowest BCUT2D eigenvalue weighted by Crippen LogP contribution is -2.26. The molecule has 2 aromatic heterocycles. The molecular weight excluding hydrogens is 464 g/mol. The van der Waals surface area contributed by atoms with E-state index in [4.69, 9.17) is 4.98 Å². The number of imidazole rings is 1.